The Morgan fingerprint density at radius 1 is 0.500 bits per heavy atom. The predicted octanol–water partition coefficient (Wildman–Crippen LogP) is 4.10. The van der Waals surface area contributed by atoms with Crippen molar-refractivity contribution in [2.24, 2.45) is 0 Å². The van der Waals surface area contributed by atoms with E-state index in [1.165, 1.54) is 37.1 Å². The van der Waals surface area contributed by atoms with Crippen molar-refractivity contribution in [1.82, 2.24) is 30.2 Å². The van der Waals surface area contributed by atoms with Gasteiger partial charge in [-0.15, -0.1) is 0 Å². The summed E-state index contributed by atoms with van der Waals surface area (Å²) in [5.41, 5.74) is 2.78. The lowest BCUT2D eigenvalue weighted by Gasteiger charge is -2.27. The van der Waals surface area contributed by atoms with Crippen LogP contribution in [-0.4, -0.2) is 113 Å². The fourth-order valence-corrected chi connectivity index (χ4v) is 4.42. The maximum Gasteiger partial charge on any atom is 0.0231 e. The number of hydrogen-bond donors (Lipinski definition) is 2. The Balaban J connectivity index is 0.000000508. The number of nitrogens with zero attached hydrogens (tertiary/aromatic N) is 4. The molecule has 0 aliphatic rings. The molecule has 6 heteroatoms. The van der Waals surface area contributed by atoms with E-state index < -0.39 is 0 Å². The summed E-state index contributed by atoms with van der Waals surface area (Å²) in [5, 5.41) is 6.34. The lowest BCUT2D eigenvalue weighted by molar-refractivity contribution is 0.194. The van der Waals surface area contributed by atoms with E-state index in [0.717, 1.165) is 65.4 Å². The molecule has 216 valence electrons. The molecule has 0 saturated carbocycles. The summed E-state index contributed by atoms with van der Waals surface area (Å²) in [7, 11) is 8.45. The van der Waals surface area contributed by atoms with Gasteiger partial charge in [-0.1, -0.05) is 74.5 Å². The number of benzene rings is 2. The maximum absolute atomic E-state index is 3.17. The minimum atomic E-state index is 1.02. The van der Waals surface area contributed by atoms with Crippen LogP contribution in [0.5, 0.6) is 0 Å². The first kappa shape index (κ1) is 34.2. The molecule has 0 amide bonds. The average molecular weight is 527 g/mol. The summed E-state index contributed by atoms with van der Waals surface area (Å²) in [6, 6.07) is 21.5. The Morgan fingerprint density at radius 3 is 1.21 bits per heavy atom. The molecule has 38 heavy (non-hydrogen) atoms. The molecule has 0 aliphatic carbocycles. The van der Waals surface area contributed by atoms with Crippen molar-refractivity contribution in [3.63, 3.8) is 0 Å². The first-order valence-electron chi connectivity index (χ1n) is 14.7. The van der Waals surface area contributed by atoms with Gasteiger partial charge in [-0.3, -0.25) is 0 Å². The Morgan fingerprint density at radius 2 is 0.868 bits per heavy atom. The Bertz CT molecular complexity index is 698. The predicted molar refractivity (Wildman–Crippen MR) is 167 cm³/mol. The van der Waals surface area contributed by atoms with Gasteiger partial charge >= 0.3 is 0 Å². The van der Waals surface area contributed by atoms with E-state index in [-0.39, 0.29) is 0 Å². The topological polar surface area (TPSA) is 37.0 Å². The Hall–Kier alpha value is -1.80. The van der Waals surface area contributed by atoms with Crippen LogP contribution in [0, 0.1) is 0 Å². The lowest BCUT2D eigenvalue weighted by atomic mass is 10.2. The Labute approximate surface area is 235 Å². The number of nitrogens with one attached hydrogen (secondary N) is 2. The Kier molecular flexibility index (Phi) is 20.8. The first-order valence-corrected chi connectivity index (χ1v) is 14.7. The quantitative estimate of drug-likeness (QED) is 0.271. The molecule has 0 atom stereocenters. The minimum absolute atomic E-state index is 1.02. The zero-order valence-corrected chi connectivity index (χ0v) is 25.5. The van der Waals surface area contributed by atoms with E-state index in [4.69, 9.17) is 0 Å². The van der Waals surface area contributed by atoms with Crippen LogP contribution in [0.1, 0.15) is 37.8 Å². The van der Waals surface area contributed by atoms with Crippen molar-refractivity contribution in [3.05, 3.63) is 71.8 Å². The molecule has 0 aliphatic heterocycles. The molecule has 0 fully saturated rings. The molecule has 0 unspecified atom stereocenters. The fraction of sp³-hybridized carbons (Fsp3) is 0.625. The van der Waals surface area contributed by atoms with Crippen molar-refractivity contribution in [2.45, 2.75) is 39.8 Å². The zero-order valence-electron chi connectivity index (χ0n) is 25.5. The van der Waals surface area contributed by atoms with Crippen molar-refractivity contribution >= 4 is 0 Å². The highest BCUT2D eigenvalue weighted by Gasteiger charge is 2.08. The SMILES string of the molecule is CCCN(CCN(C)Cc1ccccc1)CCN(C)Cc1ccccc1.CCCN(CCNC)CCNC. The molecule has 0 saturated heterocycles. The highest BCUT2D eigenvalue weighted by Crippen LogP contribution is 2.05. The van der Waals surface area contributed by atoms with Gasteiger partial charge < -0.3 is 30.2 Å². The van der Waals surface area contributed by atoms with Gasteiger partial charge in [0.25, 0.3) is 0 Å². The molecule has 0 spiro atoms. The van der Waals surface area contributed by atoms with Crippen LogP contribution in [0.15, 0.2) is 60.7 Å². The van der Waals surface area contributed by atoms with Gasteiger partial charge in [0, 0.05) is 65.4 Å². The third-order valence-electron chi connectivity index (χ3n) is 6.62. The number of rotatable bonds is 20. The zero-order chi connectivity index (χ0) is 27.8. The molecule has 0 radical (unpaired) electrons. The first-order chi connectivity index (χ1) is 18.5. The second-order valence-corrected chi connectivity index (χ2v) is 10.3. The van der Waals surface area contributed by atoms with Gasteiger partial charge in [0.2, 0.25) is 0 Å². The van der Waals surface area contributed by atoms with Crippen LogP contribution in [0.3, 0.4) is 0 Å². The molecule has 0 heterocycles. The van der Waals surface area contributed by atoms with E-state index in [1.807, 2.05) is 14.1 Å². The third-order valence-corrected chi connectivity index (χ3v) is 6.62. The smallest absolute Gasteiger partial charge is 0.0231 e. The minimum Gasteiger partial charge on any atom is -0.318 e. The number of hydrogen-bond acceptors (Lipinski definition) is 6. The van der Waals surface area contributed by atoms with Crippen LogP contribution < -0.4 is 10.6 Å². The third kappa shape index (κ3) is 17.7. The van der Waals surface area contributed by atoms with Crippen LogP contribution in [0.25, 0.3) is 0 Å². The molecule has 2 N–H and O–H groups in total. The molecular formula is C32H58N6. The molecule has 6 nitrogen and oxygen atoms in total. The van der Waals surface area contributed by atoms with E-state index in [9.17, 15) is 0 Å². The van der Waals surface area contributed by atoms with Gasteiger partial charge in [0.05, 0.1) is 0 Å². The highest BCUT2D eigenvalue weighted by molar-refractivity contribution is 5.15. The fourth-order valence-electron chi connectivity index (χ4n) is 4.42. The van der Waals surface area contributed by atoms with E-state index in [2.05, 4.69) is 119 Å². The van der Waals surface area contributed by atoms with Crippen molar-refractivity contribution in [2.75, 3.05) is 93.6 Å². The van der Waals surface area contributed by atoms with Crippen molar-refractivity contribution < 1.29 is 0 Å². The number of likely N-dealkylation sites (N-methyl/N-ethyl adjacent to an activating group) is 4. The summed E-state index contributed by atoms with van der Waals surface area (Å²) in [6.07, 6.45) is 2.46. The van der Waals surface area contributed by atoms with Gasteiger partial charge in [0.1, 0.15) is 0 Å². The van der Waals surface area contributed by atoms with E-state index in [0.29, 0.717) is 0 Å². The monoisotopic (exact) mass is 526 g/mol. The summed E-state index contributed by atoms with van der Waals surface area (Å²) in [6.45, 7) is 17.9. The molecule has 2 rings (SSSR count). The van der Waals surface area contributed by atoms with Gasteiger partial charge in [-0.2, -0.15) is 0 Å². The molecule has 2 aromatic carbocycles. The van der Waals surface area contributed by atoms with Crippen LogP contribution in [-0.2, 0) is 13.1 Å². The molecule has 0 aromatic heterocycles. The largest absolute Gasteiger partial charge is 0.318 e. The van der Waals surface area contributed by atoms with E-state index >= 15 is 0 Å². The van der Waals surface area contributed by atoms with Gasteiger partial charge in [-0.05, 0) is 65.2 Å². The van der Waals surface area contributed by atoms with Gasteiger partial charge in [0.15, 0.2) is 0 Å². The summed E-state index contributed by atoms with van der Waals surface area (Å²) in [5.74, 6) is 0. The molecule has 0 bridgehead atoms. The van der Waals surface area contributed by atoms with Crippen LogP contribution in [0.2, 0.25) is 0 Å². The van der Waals surface area contributed by atoms with Crippen LogP contribution >= 0.6 is 0 Å². The molecular weight excluding hydrogens is 468 g/mol. The summed E-state index contributed by atoms with van der Waals surface area (Å²) < 4.78 is 0. The summed E-state index contributed by atoms with van der Waals surface area (Å²) >= 11 is 0. The molecule has 2 aromatic rings. The second-order valence-electron chi connectivity index (χ2n) is 10.3. The van der Waals surface area contributed by atoms with Crippen LogP contribution in [0.4, 0.5) is 0 Å². The van der Waals surface area contributed by atoms with E-state index in [1.54, 1.807) is 0 Å². The highest BCUT2D eigenvalue weighted by atomic mass is 15.2. The van der Waals surface area contributed by atoms with Crippen molar-refractivity contribution in [3.8, 4) is 0 Å². The van der Waals surface area contributed by atoms with Crippen molar-refractivity contribution in [1.29, 1.82) is 0 Å². The second kappa shape index (κ2) is 23.1. The average Bonchev–Trinajstić information content (AvgIpc) is 2.93. The summed E-state index contributed by atoms with van der Waals surface area (Å²) in [4.78, 5) is 9.92. The standard InChI is InChI=1S/C23H35N3.C9H23N3/c1-4-15-26(18-16-24(2)20-22-11-7-5-8-12-22)19-17-25(3)21-23-13-9-6-10-14-23;1-4-7-12(8-5-10-2)9-6-11-3/h5-14H,4,15-21H2,1-3H3;10-11H,4-9H2,1-3H3. The van der Waals surface area contributed by atoms with Gasteiger partial charge in [-0.25, -0.2) is 0 Å². The maximum atomic E-state index is 3.17. The normalized spacial score (nSPS) is 11.4. The lowest BCUT2D eigenvalue weighted by Crippen LogP contribution is -2.38.